The lowest BCUT2D eigenvalue weighted by Gasteiger charge is -2.33. The maximum atomic E-state index is 12.8. The summed E-state index contributed by atoms with van der Waals surface area (Å²) in [4.78, 5) is 29.9. The van der Waals surface area contributed by atoms with E-state index >= 15 is 0 Å². The highest BCUT2D eigenvalue weighted by Crippen LogP contribution is 2.59. The lowest BCUT2D eigenvalue weighted by molar-refractivity contribution is -0.146. The molecule has 3 atom stereocenters. The Hall–Kier alpha value is -1.96. The molecule has 1 amide bonds. The van der Waals surface area contributed by atoms with Gasteiger partial charge in [-0.05, 0) is 12.3 Å². The number of ether oxygens (including phenoxy) is 1. The van der Waals surface area contributed by atoms with Gasteiger partial charge in [-0.2, -0.15) is 4.98 Å². The van der Waals surface area contributed by atoms with Gasteiger partial charge in [0.2, 0.25) is 5.91 Å². The van der Waals surface area contributed by atoms with Crippen LogP contribution >= 0.6 is 0 Å². The summed E-state index contributed by atoms with van der Waals surface area (Å²) >= 11 is 0. The van der Waals surface area contributed by atoms with Crippen molar-refractivity contribution in [3.63, 3.8) is 0 Å². The van der Waals surface area contributed by atoms with E-state index in [9.17, 15) is 14.7 Å². The molecule has 8 nitrogen and oxygen atoms in total. The van der Waals surface area contributed by atoms with Crippen LogP contribution in [-0.4, -0.2) is 51.8 Å². The third kappa shape index (κ3) is 2.27. The molecule has 8 heteroatoms. The zero-order valence-corrected chi connectivity index (χ0v) is 12.8. The van der Waals surface area contributed by atoms with E-state index in [0.717, 1.165) is 0 Å². The molecule has 2 fully saturated rings. The number of amides is 1. The van der Waals surface area contributed by atoms with Gasteiger partial charge in [-0.1, -0.05) is 19.0 Å². The Labute approximate surface area is 127 Å². The van der Waals surface area contributed by atoms with Crippen LogP contribution in [0.1, 0.15) is 31.6 Å². The van der Waals surface area contributed by atoms with Gasteiger partial charge >= 0.3 is 5.97 Å². The summed E-state index contributed by atoms with van der Waals surface area (Å²) < 4.78 is 10.6. The van der Waals surface area contributed by atoms with Crippen molar-refractivity contribution in [2.24, 2.45) is 17.3 Å². The number of aliphatic carboxylic acids is 1. The quantitative estimate of drug-likeness (QED) is 0.873. The molecule has 1 aliphatic heterocycles. The molecule has 22 heavy (non-hydrogen) atoms. The van der Waals surface area contributed by atoms with E-state index in [2.05, 4.69) is 10.1 Å². The molecule has 0 radical (unpaired) electrons. The SMILES string of the molecule is Cc1noc(C2COCCN2C(=O)[C@@H]2[C@H](C(=O)O)C2(C)C)n1. The fourth-order valence-corrected chi connectivity index (χ4v) is 3.26. The lowest BCUT2D eigenvalue weighted by Crippen LogP contribution is -2.45. The number of hydrogen-bond acceptors (Lipinski definition) is 6. The van der Waals surface area contributed by atoms with Crippen LogP contribution in [0.2, 0.25) is 0 Å². The summed E-state index contributed by atoms with van der Waals surface area (Å²) in [7, 11) is 0. The van der Waals surface area contributed by atoms with Crippen molar-refractivity contribution in [2.45, 2.75) is 26.8 Å². The number of morpholine rings is 1. The van der Waals surface area contributed by atoms with Crippen LogP contribution in [0.15, 0.2) is 4.52 Å². The Balaban J connectivity index is 1.82. The molecule has 1 aromatic rings. The van der Waals surface area contributed by atoms with Gasteiger partial charge in [0, 0.05) is 6.54 Å². The second-order valence-electron chi connectivity index (χ2n) is 6.42. The van der Waals surface area contributed by atoms with Crippen molar-refractivity contribution >= 4 is 11.9 Å². The number of nitrogens with zero attached hydrogens (tertiary/aromatic N) is 3. The number of aryl methyl sites for hydroxylation is 1. The number of carboxylic acid groups (broad SMARTS) is 1. The maximum absolute atomic E-state index is 12.8. The molecule has 1 saturated heterocycles. The average Bonchev–Trinajstić information content (AvgIpc) is 2.81. The van der Waals surface area contributed by atoms with Crippen LogP contribution < -0.4 is 0 Å². The molecule has 2 aliphatic rings. The van der Waals surface area contributed by atoms with Crippen molar-refractivity contribution < 1.29 is 24.0 Å². The molecule has 1 saturated carbocycles. The zero-order valence-electron chi connectivity index (χ0n) is 12.8. The first-order chi connectivity index (χ1) is 10.3. The van der Waals surface area contributed by atoms with Crippen molar-refractivity contribution in [1.82, 2.24) is 15.0 Å². The molecule has 1 N–H and O–H groups in total. The van der Waals surface area contributed by atoms with Crippen LogP contribution in [-0.2, 0) is 14.3 Å². The normalized spacial score (nSPS) is 30.1. The summed E-state index contributed by atoms with van der Waals surface area (Å²) in [6, 6.07) is -0.451. The smallest absolute Gasteiger partial charge is 0.307 e. The van der Waals surface area contributed by atoms with Crippen molar-refractivity contribution in [3.05, 3.63) is 11.7 Å². The van der Waals surface area contributed by atoms with Crippen LogP contribution in [0, 0.1) is 24.2 Å². The first-order valence-corrected chi connectivity index (χ1v) is 7.25. The Kier molecular flexibility index (Phi) is 3.43. The highest BCUT2D eigenvalue weighted by Gasteiger charge is 2.67. The minimum Gasteiger partial charge on any atom is -0.481 e. The average molecular weight is 309 g/mol. The van der Waals surface area contributed by atoms with Gasteiger partial charge < -0.3 is 19.3 Å². The summed E-state index contributed by atoms with van der Waals surface area (Å²) in [5.41, 5.74) is -0.531. The summed E-state index contributed by atoms with van der Waals surface area (Å²) in [6.45, 7) is 6.40. The Bertz CT molecular complexity index is 611. The highest BCUT2D eigenvalue weighted by atomic mass is 16.5. The minimum absolute atomic E-state index is 0.179. The van der Waals surface area contributed by atoms with Gasteiger partial charge in [-0.25, -0.2) is 0 Å². The molecule has 0 spiro atoms. The van der Waals surface area contributed by atoms with Gasteiger partial charge in [0.05, 0.1) is 25.0 Å². The predicted molar refractivity (Wildman–Crippen MR) is 72.7 cm³/mol. The third-order valence-electron chi connectivity index (χ3n) is 4.60. The zero-order chi connectivity index (χ0) is 16.1. The standard InChI is InChI=1S/C14H19N3O5/c1-7-15-11(22-16-7)8-6-21-5-4-17(8)12(18)9-10(13(19)20)14(9,2)3/h8-10H,4-6H2,1-3H3,(H,19,20)/t8?,9-,10+/m0/s1. The van der Waals surface area contributed by atoms with Gasteiger partial charge in [-0.15, -0.1) is 0 Å². The number of hydrogen-bond donors (Lipinski definition) is 1. The number of rotatable bonds is 3. The van der Waals surface area contributed by atoms with E-state index in [1.165, 1.54) is 0 Å². The van der Waals surface area contributed by atoms with Gasteiger partial charge in [0.25, 0.3) is 5.89 Å². The Morgan fingerprint density at radius 2 is 2.09 bits per heavy atom. The summed E-state index contributed by atoms with van der Waals surface area (Å²) in [6.07, 6.45) is 0. The highest BCUT2D eigenvalue weighted by molar-refractivity contribution is 5.91. The number of aromatic nitrogens is 2. The van der Waals surface area contributed by atoms with E-state index in [1.807, 2.05) is 0 Å². The second-order valence-corrected chi connectivity index (χ2v) is 6.42. The van der Waals surface area contributed by atoms with Crippen LogP contribution in [0.4, 0.5) is 0 Å². The largest absolute Gasteiger partial charge is 0.481 e. The van der Waals surface area contributed by atoms with Crippen LogP contribution in [0.25, 0.3) is 0 Å². The van der Waals surface area contributed by atoms with Gasteiger partial charge in [-0.3, -0.25) is 9.59 Å². The fraction of sp³-hybridized carbons (Fsp3) is 0.714. The van der Waals surface area contributed by atoms with Crippen molar-refractivity contribution in [1.29, 1.82) is 0 Å². The Morgan fingerprint density at radius 1 is 1.36 bits per heavy atom. The van der Waals surface area contributed by atoms with E-state index in [-0.39, 0.29) is 12.5 Å². The molecule has 2 heterocycles. The fourth-order valence-electron chi connectivity index (χ4n) is 3.26. The molecule has 1 aliphatic carbocycles. The molecule has 120 valence electrons. The maximum Gasteiger partial charge on any atom is 0.307 e. The van der Waals surface area contributed by atoms with Crippen molar-refractivity contribution in [2.75, 3.05) is 19.8 Å². The number of carbonyl (C=O) groups excluding carboxylic acids is 1. The topological polar surface area (TPSA) is 106 Å². The monoisotopic (exact) mass is 309 g/mol. The van der Waals surface area contributed by atoms with Crippen LogP contribution in [0.3, 0.4) is 0 Å². The number of carboxylic acids is 1. The first kappa shape index (κ1) is 15.0. The molecule has 0 bridgehead atoms. The van der Waals surface area contributed by atoms with Crippen LogP contribution in [0.5, 0.6) is 0 Å². The molecule has 1 aromatic heterocycles. The van der Waals surface area contributed by atoms with Gasteiger partial charge in [0.1, 0.15) is 6.04 Å². The van der Waals surface area contributed by atoms with E-state index < -0.39 is 29.3 Å². The van der Waals surface area contributed by atoms with E-state index in [0.29, 0.717) is 24.9 Å². The molecule has 1 unspecified atom stereocenters. The molecule has 0 aromatic carbocycles. The summed E-state index contributed by atoms with van der Waals surface area (Å²) in [5.74, 6) is -1.45. The molecular formula is C14H19N3O5. The predicted octanol–water partition coefficient (Wildman–Crippen LogP) is 0.635. The number of carbonyl (C=O) groups is 2. The summed E-state index contributed by atoms with van der Waals surface area (Å²) in [5, 5.41) is 13.0. The lowest BCUT2D eigenvalue weighted by atomic mass is 10.1. The van der Waals surface area contributed by atoms with Gasteiger partial charge in [0.15, 0.2) is 5.82 Å². The van der Waals surface area contributed by atoms with E-state index in [1.54, 1.807) is 25.7 Å². The first-order valence-electron chi connectivity index (χ1n) is 7.25. The van der Waals surface area contributed by atoms with E-state index in [4.69, 9.17) is 9.26 Å². The minimum atomic E-state index is -0.929. The third-order valence-corrected chi connectivity index (χ3v) is 4.60. The van der Waals surface area contributed by atoms with Crippen molar-refractivity contribution in [3.8, 4) is 0 Å². The molecule has 3 rings (SSSR count). The Morgan fingerprint density at radius 3 is 2.64 bits per heavy atom. The molecular weight excluding hydrogens is 290 g/mol. The second kappa shape index (κ2) is 5.05.